The lowest BCUT2D eigenvalue weighted by Gasteiger charge is -2.19. The summed E-state index contributed by atoms with van der Waals surface area (Å²) in [4.78, 5) is 4.60. The maximum absolute atomic E-state index is 5.59. The lowest BCUT2D eigenvalue weighted by atomic mass is 9.98. The van der Waals surface area contributed by atoms with Crippen LogP contribution in [0.25, 0.3) is 0 Å². The number of H-pyrrole nitrogens is 1. The van der Waals surface area contributed by atoms with Gasteiger partial charge in [-0.3, -0.25) is 5.10 Å². The maximum Gasteiger partial charge on any atom is 0.153 e. The third-order valence-electron chi connectivity index (χ3n) is 3.46. The third-order valence-corrected chi connectivity index (χ3v) is 3.46. The minimum Gasteiger partial charge on any atom is -0.370 e. The summed E-state index contributed by atoms with van der Waals surface area (Å²) >= 11 is 0. The van der Waals surface area contributed by atoms with Crippen LogP contribution in [0.5, 0.6) is 0 Å². The molecule has 0 spiro atoms. The number of hydrogen-bond acceptors (Lipinski definition) is 4. The van der Waals surface area contributed by atoms with Crippen molar-refractivity contribution in [1.82, 2.24) is 20.5 Å². The summed E-state index contributed by atoms with van der Waals surface area (Å²) in [7, 11) is 0. The van der Waals surface area contributed by atoms with Crippen LogP contribution in [-0.4, -0.2) is 34.9 Å². The van der Waals surface area contributed by atoms with Crippen LogP contribution < -0.4 is 5.32 Å². The fourth-order valence-corrected chi connectivity index (χ4v) is 2.49. The van der Waals surface area contributed by atoms with Crippen LogP contribution in [0.3, 0.4) is 0 Å². The van der Waals surface area contributed by atoms with E-state index in [0.29, 0.717) is 5.92 Å². The number of hydrogen-bond donors (Lipinski definition) is 2. The standard InChI is InChI=1S/C11H18N4O/c1-2-9(16-7-1)11-13-10(14-15-11)8-3-5-12-6-4-8/h8-9,12H,1-7H2,(H,13,14,15). The van der Waals surface area contributed by atoms with Gasteiger partial charge in [0.2, 0.25) is 0 Å². The van der Waals surface area contributed by atoms with E-state index in [1.165, 1.54) is 0 Å². The third kappa shape index (κ3) is 1.97. The molecule has 2 aliphatic heterocycles. The number of aromatic amines is 1. The monoisotopic (exact) mass is 222 g/mol. The van der Waals surface area contributed by atoms with E-state index in [1.54, 1.807) is 0 Å². The van der Waals surface area contributed by atoms with Crippen LogP contribution in [0.15, 0.2) is 0 Å². The lowest BCUT2D eigenvalue weighted by Crippen LogP contribution is -2.27. The molecular formula is C11H18N4O. The first-order valence-electron chi connectivity index (χ1n) is 6.18. The first-order chi connectivity index (χ1) is 7.93. The smallest absolute Gasteiger partial charge is 0.153 e. The van der Waals surface area contributed by atoms with Crippen LogP contribution in [0.1, 0.15) is 49.4 Å². The number of rotatable bonds is 2. The molecule has 0 aliphatic carbocycles. The van der Waals surface area contributed by atoms with E-state index in [4.69, 9.17) is 4.74 Å². The molecule has 1 atom stereocenters. The Morgan fingerprint density at radius 2 is 2.06 bits per heavy atom. The van der Waals surface area contributed by atoms with E-state index in [-0.39, 0.29) is 6.10 Å². The number of ether oxygens (including phenoxy) is 1. The lowest BCUT2D eigenvalue weighted by molar-refractivity contribution is 0.105. The van der Waals surface area contributed by atoms with Crippen LogP contribution in [-0.2, 0) is 4.74 Å². The van der Waals surface area contributed by atoms with Gasteiger partial charge in [0.25, 0.3) is 0 Å². The Morgan fingerprint density at radius 1 is 1.19 bits per heavy atom. The summed E-state index contributed by atoms with van der Waals surface area (Å²) in [6.07, 6.45) is 4.64. The largest absolute Gasteiger partial charge is 0.370 e. The van der Waals surface area contributed by atoms with Crippen molar-refractivity contribution in [3.8, 4) is 0 Å². The fraction of sp³-hybridized carbons (Fsp3) is 0.818. The number of piperidine rings is 1. The maximum atomic E-state index is 5.59. The Kier molecular flexibility index (Phi) is 2.88. The molecule has 3 heterocycles. The summed E-state index contributed by atoms with van der Waals surface area (Å²) in [5, 5.41) is 10.7. The molecule has 2 N–H and O–H groups in total. The second kappa shape index (κ2) is 4.51. The molecule has 0 aromatic carbocycles. The van der Waals surface area contributed by atoms with Crippen molar-refractivity contribution in [2.24, 2.45) is 0 Å². The van der Waals surface area contributed by atoms with E-state index < -0.39 is 0 Å². The van der Waals surface area contributed by atoms with Gasteiger partial charge in [0.15, 0.2) is 11.6 Å². The molecule has 88 valence electrons. The summed E-state index contributed by atoms with van der Waals surface area (Å²) in [6.45, 7) is 3.01. The van der Waals surface area contributed by atoms with E-state index in [9.17, 15) is 0 Å². The Hall–Kier alpha value is -0.940. The van der Waals surface area contributed by atoms with Gasteiger partial charge in [-0.25, -0.2) is 4.98 Å². The second-order valence-electron chi connectivity index (χ2n) is 4.60. The number of nitrogens with one attached hydrogen (secondary N) is 2. The van der Waals surface area contributed by atoms with Crippen molar-refractivity contribution in [2.75, 3.05) is 19.7 Å². The SMILES string of the molecule is C1COC(c2nc(C3CCNCC3)n[nH]2)C1. The van der Waals surface area contributed by atoms with E-state index >= 15 is 0 Å². The van der Waals surface area contributed by atoms with Crippen LogP contribution in [0, 0.1) is 0 Å². The van der Waals surface area contributed by atoms with Gasteiger partial charge in [-0.05, 0) is 38.8 Å². The van der Waals surface area contributed by atoms with Crippen molar-refractivity contribution in [1.29, 1.82) is 0 Å². The average molecular weight is 222 g/mol. The summed E-state index contributed by atoms with van der Waals surface area (Å²) in [5.74, 6) is 2.42. The molecule has 2 saturated heterocycles. The summed E-state index contributed by atoms with van der Waals surface area (Å²) in [5.41, 5.74) is 0. The fourth-order valence-electron chi connectivity index (χ4n) is 2.49. The van der Waals surface area contributed by atoms with Gasteiger partial charge in [-0.2, -0.15) is 5.10 Å². The Bertz CT molecular complexity index is 340. The van der Waals surface area contributed by atoms with Crippen LogP contribution >= 0.6 is 0 Å². The van der Waals surface area contributed by atoms with E-state index in [0.717, 1.165) is 57.0 Å². The Morgan fingerprint density at radius 3 is 2.81 bits per heavy atom. The molecule has 2 aliphatic rings. The van der Waals surface area contributed by atoms with Crippen molar-refractivity contribution in [3.05, 3.63) is 11.6 Å². The predicted molar refractivity (Wildman–Crippen MR) is 59.2 cm³/mol. The highest BCUT2D eigenvalue weighted by Gasteiger charge is 2.24. The van der Waals surface area contributed by atoms with Crippen LogP contribution in [0.4, 0.5) is 0 Å². The van der Waals surface area contributed by atoms with Gasteiger partial charge in [0.1, 0.15) is 6.10 Å². The Labute approximate surface area is 95.0 Å². The molecule has 5 heteroatoms. The second-order valence-corrected chi connectivity index (χ2v) is 4.60. The zero-order chi connectivity index (χ0) is 10.8. The van der Waals surface area contributed by atoms with Crippen LogP contribution in [0.2, 0.25) is 0 Å². The minimum atomic E-state index is 0.156. The highest BCUT2D eigenvalue weighted by molar-refractivity contribution is 5.02. The molecule has 5 nitrogen and oxygen atoms in total. The van der Waals surface area contributed by atoms with Crippen molar-refractivity contribution in [3.63, 3.8) is 0 Å². The highest BCUT2D eigenvalue weighted by Crippen LogP contribution is 2.28. The molecule has 0 saturated carbocycles. The Balaban J connectivity index is 1.71. The molecule has 2 fully saturated rings. The molecular weight excluding hydrogens is 204 g/mol. The number of aromatic nitrogens is 3. The average Bonchev–Trinajstić information content (AvgIpc) is 3.01. The highest BCUT2D eigenvalue weighted by atomic mass is 16.5. The van der Waals surface area contributed by atoms with Gasteiger partial charge >= 0.3 is 0 Å². The molecule has 0 bridgehead atoms. The van der Waals surface area contributed by atoms with Gasteiger partial charge in [-0.15, -0.1) is 0 Å². The van der Waals surface area contributed by atoms with Gasteiger partial charge in [0.05, 0.1) is 0 Å². The summed E-state index contributed by atoms with van der Waals surface area (Å²) in [6, 6.07) is 0. The van der Waals surface area contributed by atoms with Gasteiger partial charge < -0.3 is 10.1 Å². The molecule has 1 unspecified atom stereocenters. The first-order valence-corrected chi connectivity index (χ1v) is 6.18. The van der Waals surface area contributed by atoms with Crippen molar-refractivity contribution in [2.45, 2.75) is 37.7 Å². The number of nitrogens with zero attached hydrogens (tertiary/aromatic N) is 2. The van der Waals surface area contributed by atoms with Crippen molar-refractivity contribution >= 4 is 0 Å². The van der Waals surface area contributed by atoms with E-state index in [2.05, 4.69) is 20.5 Å². The molecule has 0 amide bonds. The first kappa shape index (κ1) is 10.2. The molecule has 1 aromatic rings. The zero-order valence-electron chi connectivity index (χ0n) is 9.41. The van der Waals surface area contributed by atoms with Crippen molar-refractivity contribution < 1.29 is 4.74 Å². The zero-order valence-corrected chi connectivity index (χ0v) is 9.41. The summed E-state index contributed by atoms with van der Waals surface area (Å²) < 4.78 is 5.59. The molecule has 0 radical (unpaired) electrons. The minimum absolute atomic E-state index is 0.156. The quantitative estimate of drug-likeness (QED) is 0.787. The van der Waals surface area contributed by atoms with Gasteiger partial charge in [0, 0.05) is 12.5 Å². The van der Waals surface area contributed by atoms with E-state index in [1.807, 2.05) is 0 Å². The molecule has 16 heavy (non-hydrogen) atoms. The molecule has 1 aromatic heterocycles. The predicted octanol–water partition coefficient (Wildman–Crippen LogP) is 1.12. The normalized spacial score (nSPS) is 27.4. The molecule has 3 rings (SSSR count). The topological polar surface area (TPSA) is 62.8 Å². The van der Waals surface area contributed by atoms with Gasteiger partial charge in [-0.1, -0.05) is 0 Å².